The van der Waals surface area contributed by atoms with E-state index in [9.17, 15) is 4.79 Å². The average molecular weight is 266 g/mol. The van der Waals surface area contributed by atoms with Crippen LogP contribution in [0.3, 0.4) is 0 Å². The Kier molecular flexibility index (Phi) is 6.15. The lowest BCUT2D eigenvalue weighted by molar-refractivity contribution is 0.0698. The van der Waals surface area contributed by atoms with E-state index in [1.165, 1.54) is 6.07 Å². The Morgan fingerprint density at radius 1 is 1.47 bits per heavy atom. The summed E-state index contributed by atoms with van der Waals surface area (Å²) in [7, 11) is 0. The quantitative estimate of drug-likeness (QED) is 0.497. The Labute approximate surface area is 113 Å². The second-order valence-corrected chi connectivity index (χ2v) is 4.86. The van der Waals surface area contributed by atoms with Gasteiger partial charge in [0.15, 0.2) is 0 Å². The van der Waals surface area contributed by atoms with Crippen molar-refractivity contribution >= 4 is 17.3 Å². The number of carbonyl (C=O) groups is 1. The first-order chi connectivity index (χ1) is 9.00. The lowest BCUT2D eigenvalue weighted by atomic mass is 10.1. The largest absolute Gasteiger partial charge is 0.478 e. The Hall–Kier alpha value is -1.75. The van der Waals surface area contributed by atoms with E-state index in [0.717, 1.165) is 25.3 Å². The molecule has 0 fully saturated rings. The Morgan fingerprint density at radius 3 is 2.79 bits per heavy atom. The van der Waals surface area contributed by atoms with Gasteiger partial charge < -0.3 is 20.9 Å². The number of rotatable bonds is 8. The molecule has 4 N–H and O–H groups in total. The van der Waals surface area contributed by atoms with Crippen LogP contribution in [0.25, 0.3) is 0 Å². The van der Waals surface area contributed by atoms with Crippen molar-refractivity contribution in [1.82, 2.24) is 0 Å². The molecule has 5 nitrogen and oxygen atoms in total. The molecule has 0 heterocycles. The van der Waals surface area contributed by atoms with Crippen LogP contribution in [-0.4, -0.2) is 30.8 Å². The molecule has 0 unspecified atom stereocenters. The highest BCUT2D eigenvalue weighted by molar-refractivity contribution is 5.94. The number of anilines is 2. The zero-order valence-electron chi connectivity index (χ0n) is 11.5. The van der Waals surface area contributed by atoms with Gasteiger partial charge in [-0.25, -0.2) is 4.79 Å². The standard InChI is InChI=1S/C14H22N2O3/c1-10(2)9-19-7-3-6-16-11-4-5-12(14(17)18)13(15)8-11/h4-5,8,10,16H,3,6-7,9,15H2,1-2H3,(H,17,18). The first kappa shape index (κ1) is 15.3. The van der Waals surface area contributed by atoms with Gasteiger partial charge in [-0.15, -0.1) is 0 Å². The normalized spacial score (nSPS) is 10.7. The van der Waals surface area contributed by atoms with Crippen molar-refractivity contribution in [1.29, 1.82) is 0 Å². The van der Waals surface area contributed by atoms with Gasteiger partial charge in [0, 0.05) is 31.1 Å². The van der Waals surface area contributed by atoms with E-state index in [1.807, 2.05) is 0 Å². The number of hydrogen-bond donors (Lipinski definition) is 3. The van der Waals surface area contributed by atoms with Crippen LogP contribution in [0.15, 0.2) is 18.2 Å². The lowest BCUT2D eigenvalue weighted by Gasteiger charge is -2.09. The van der Waals surface area contributed by atoms with E-state index in [0.29, 0.717) is 12.5 Å². The fourth-order valence-electron chi connectivity index (χ4n) is 1.59. The SMILES string of the molecule is CC(C)COCCCNc1ccc(C(=O)O)c(N)c1. The van der Waals surface area contributed by atoms with Crippen molar-refractivity contribution in [2.45, 2.75) is 20.3 Å². The summed E-state index contributed by atoms with van der Waals surface area (Å²) in [4.78, 5) is 10.8. The molecule has 0 spiro atoms. The molecule has 0 aromatic heterocycles. The van der Waals surface area contributed by atoms with Gasteiger partial charge in [0.05, 0.1) is 5.56 Å². The number of carboxylic acids is 1. The number of nitrogens with one attached hydrogen (secondary N) is 1. The molecule has 0 amide bonds. The summed E-state index contributed by atoms with van der Waals surface area (Å²) in [6, 6.07) is 4.86. The molecule has 0 bridgehead atoms. The van der Waals surface area contributed by atoms with E-state index >= 15 is 0 Å². The topological polar surface area (TPSA) is 84.6 Å². The molecule has 1 aromatic rings. The summed E-state index contributed by atoms with van der Waals surface area (Å²) in [6.45, 7) is 6.49. The number of benzene rings is 1. The smallest absolute Gasteiger partial charge is 0.337 e. The molecule has 19 heavy (non-hydrogen) atoms. The molecule has 0 aliphatic carbocycles. The van der Waals surface area contributed by atoms with Crippen molar-refractivity contribution in [2.24, 2.45) is 5.92 Å². The molecular formula is C14H22N2O3. The molecule has 1 aromatic carbocycles. The third-order valence-electron chi connectivity index (χ3n) is 2.53. The van der Waals surface area contributed by atoms with Crippen LogP contribution in [0, 0.1) is 5.92 Å². The van der Waals surface area contributed by atoms with Gasteiger partial charge >= 0.3 is 5.97 Å². The van der Waals surface area contributed by atoms with Crippen molar-refractivity contribution in [3.63, 3.8) is 0 Å². The van der Waals surface area contributed by atoms with Gasteiger partial charge in [-0.05, 0) is 30.5 Å². The average Bonchev–Trinajstić information content (AvgIpc) is 2.32. The molecule has 0 aliphatic rings. The van der Waals surface area contributed by atoms with Gasteiger partial charge in [0.1, 0.15) is 0 Å². The molecule has 0 saturated heterocycles. The summed E-state index contributed by atoms with van der Waals surface area (Å²) >= 11 is 0. The first-order valence-electron chi connectivity index (χ1n) is 6.45. The highest BCUT2D eigenvalue weighted by Gasteiger charge is 2.07. The van der Waals surface area contributed by atoms with Crippen LogP contribution < -0.4 is 11.1 Å². The van der Waals surface area contributed by atoms with Crippen LogP contribution in [0.5, 0.6) is 0 Å². The van der Waals surface area contributed by atoms with Crippen molar-refractivity contribution in [3.8, 4) is 0 Å². The van der Waals surface area contributed by atoms with Gasteiger partial charge in [-0.3, -0.25) is 0 Å². The Morgan fingerprint density at radius 2 is 2.21 bits per heavy atom. The van der Waals surface area contributed by atoms with Crippen molar-refractivity contribution in [3.05, 3.63) is 23.8 Å². The number of ether oxygens (including phenoxy) is 1. The van der Waals surface area contributed by atoms with Gasteiger partial charge in [-0.1, -0.05) is 13.8 Å². The zero-order chi connectivity index (χ0) is 14.3. The van der Waals surface area contributed by atoms with Gasteiger partial charge in [-0.2, -0.15) is 0 Å². The molecule has 106 valence electrons. The maximum atomic E-state index is 10.8. The number of carboxylic acid groups (broad SMARTS) is 1. The van der Waals surface area contributed by atoms with E-state index in [-0.39, 0.29) is 11.3 Å². The predicted octanol–water partition coefficient (Wildman–Crippen LogP) is 2.44. The second-order valence-electron chi connectivity index (χ2n) is 4.86. The molecule has 5 heteroatoms. The molecule has 0 atom stereocenters. The molecule has 0 aliphatic heterocycles. The maximum Gasteiger partial charge on any atom is 0.337 e. The summed E-state index contributed by atoms with van der Waals surface area (Å²) in [5.74, 6) is -0.456. The van der Waals surface area contributed by atoms with Crippen molar-refractivity contribution in [2.75, 3.05) is 30.8 Å². The van der Waals surface area contributed by atoms with E-state index in [2.05, 4.69) is 19.2 Å². The van der Waals surface area contributed by atoms with Crippen LogP contribution in [0.4, 0.5) is 11.4 Å². The van der Waals surface area contributed by atoms with Crippen LogP contribution >= 0.6 is 0 Å². The Balaban J connectivity index is 2.30. The predicted molar refractivity (Wildman–Crippen MR) is 76.6 cm³/mol. The van der Waals surface area contributed by atoms with E-state index in [4.69, 9.17) is 15.6 Å². The first-order valence-corrected chi connectivity index (χ1v) is 6.45. The minimum Gasteiger partial charge on any atom is -0.478 e. The van der Waals surface area contributed by atoms with E-state index in [1.54, 1.807) is 12.1 Å². The highest BCUT2D eigenvalue weighted by Crippen LogP contribution is 2.17. The van der Waals surface area contributed by atoms with Gasteiger partial charge in [0.2, 0.25) is 0 Å². The summed E-state index contributed by atoms with van der Waals surface area (Å²) in [5.41, 5.74) is 6.89. The maximum absolute atomic E-state index is 10.8. The molecule has 1 rings (SSSR count). The molecule has 0 radical (unpaired) electrons. The minimum atomic E-state index is -1.01. The van der Waals surface area contributed by atoms with E-state index < -0.39 is 5.97 Å². The number of hydrogen-bond acceptors (Lipinski definition) is 4. The monoisotopic (exact) mass is 266 g/mol. The van der Waals surface area contributed by atoms with Crippen LogP contribution in [-0.2, 0) is 4.74 Å². The lowest BCUT2D eigenvalue weighted by Crippen LogP contribution is -2.09. The van der Waals surface area contributed by atoms with Crippen LogP contribution in [0.1, 0.15) is 30.6 Å². The third-order valence-corrected chi connectivity index (χ3v) is 2.53. The fraction of sp³-hybridized carbons (Fsp3) is 0.500. The molecular weight excluding hydrogens is 244 g/mol. The second kappa shape index (κ2) is 7.63. The number of nitrogens with two attached hydrogens (primary N) is 1. The van der Waals surface area contributed by atoms with Crippen molar-refractivity contribution < 1.29 is 14.6 Å². The summed E-state index contributed by atoms with van der Waals surface area (Å²) < 4.78 is 5.46. The Bertz CT molecular complexity index is 419. The minimum absolute atomic E-state index is 0.130. The van der Waals surface area contributed by atoms with Crippen LogP contribution in [0.2, 0.25) is 0 Å². The third kappa shape index (κ3) is 5.61. The highest BCUT2D eigenvalue weighted by atomic mass is 16.5. The fourth-order valence-corrected chi connectivity index (χ4v) is 1.59. The number of aromatic carboxylic acids is 1. The molecule has 0 saturated carbocycles. The summed E-state index contributed by atoms with van der Waals surface area (Å²) in [5, 5.41) is 12.0. The van der Waals surface area contributed by atoms with Gasteiger partial charge in [0.25, 0.3) is 0 Å². The zero-order valence-corrected chi connectivity index (χ0v) is 11.5. The summed E-state index contributed by atoms with van der Waals surface area (Å²) in [6.07, 6.45) is 0.896. The number of nitrogen functional groups attached to an aromatic ring is 1.